The van der Waals surface area contributed by atoms with Crippen molar-refractivity contribution in [1.29, 1.82) is 0 Å². The van der Waals surface area contributed by atoms with E-state index in [0.717, 1.165) is 31.4 Å². The van der Waals surface area contributed by atoms with Crippen LogP contribution in [0.15, 0.2) is 30.3 Å². The van der Waals surface area contributed by atoms with E-state index in [0.29, 0.717) is 11.4 Å². The molecule has 0 N–H and O–H groups in total. The molecule has 0 bridgehead atoms. The molecule has 0 unspecified atom stereocenters. The molecular formula is C17H20FN3O. The number of amides is 1. The molecule has 1 saturated carbocycles. The molecule has 2 aromatic rings. The van der Waals surface area contributed by atoms with Crippen molar-refractivity contribution < 1.29 is 9.18 Å². The third-order valence-electron chi connectivity index (χ3n) is 4.22. The average Bonchev–Trinajstić information content (AvgIpc) is 3.09. The van der Waals surface area contributed by atoms with Crippen LogP contribution in [0.25, 0.3) is 0 Å². The molecule has 0 spiro atoms. The Morgan fingerprint density at radius 3 is 2.64 bits per heavy atom. The first-order valence-corrected chi connectivity index (χ1v) is 7.66. The van der Waals surface area contributed by atoms with Gasteiger partial charge in [0.25, 0.3) is 5.91 Å². The molecule has 1 aromatic carbocycles. The maximum Gasteiger partial charge on any atom is 0.276 e. The quantitative estimate of drug-likeness (QED) is 0.871. The third-order valence-corrected chi connectivity index (χ3v) is 4.22. The van der Waals surface area contributed by atoms with Gasteiger partial charge in [-0.1, -0.05) is 18.9 Å². The predicted molar refractivity (Wildman–Crippen MR) is 83.4 cm³/mol. The SMILES string of the molecule is Cc1cc(C(=O)N(c2cccc(F)c2)C2CCCC2)n(C)n1. The van der Waals surface area contributed by atoms with Crippen LogP contribution < -0.4 is 4.90 Å². The molecule has 0 atom stereocenters. The number of hydrogen-bond donors (Lipinski definition) is 0. The number of nitrogens with zero attached hydrogens (tertiary/aromatic N) is 3. The van der Waals surface area contributed by atoms with E-state index >= 15 is 0 Å². The first-order chi connectivity index (χ1) is 10.6. The van der Waals surface area contributed by atoms with Crippen molar-refractivity contribution in [3.63, 3.8) is 0 Å². The van der Waals surface area contributed by atoms with Gasteiger partial charge in [-0.2, -0.15) is 5.10 Å². The number of rotatable bonds is 3. The minimum Gasteiger partial charge on any atom is -0.304 e. The zero-order valence-electron chi connectivity index (χ0n) is 12.9. The highest BCUT2D eigenvalue weighted by Gasteiger charge is 2.30. The minimum atomic E-state index is -0.325. The van der Waals surface area contributed by atoms with Crippen molar-refractivity contribution in [2.24, 2.45) is 7.05 Å². The summed E-state index contributed by atoms with van der Waals surface area (Å²) in [5.74, 6) is -0.435. The fraction of sp³-hybridized carbons (Fsp3) is 0.412. The van der Waals surface area contributed by atoms with Gasteiger partial charge in [0.15, 0.2) is 0 Å². The van der Waals surface area contributed by atoms with Crippen LogP contribution >= 0.6 is 0 Å². The Balaban J connectivity index is 2.01. The summed E-state index contributed by atoms with van der Waals surface area (Å²) in [4.78, 5) is 14.8. The number of benzene rings is 1. The number of carbonyl (C=O) groups excluding carboxylic acids is 1. The summed E-state index contributed by atoms with van der Waals surface area (Å²) >= 11 is 0. The fourth-order valence-electron chi connectivity index (χ4n) is 3.22. The maximum atomic E-state index is 13.6. The van der Waals surface area contributed by atoms with Crippen molar-refractivity contribution in [3.05, 3.63) is 47.5 Å². The van der Waals surface area contributed by atoms with Gasteiger partial charge in [-0.15, -0.1) is 0 Å². The Morgan fingerprint density at radius 2 is 2.05 bits per heavy atom. The Morgan fingerprint density at radius 1 is 1.32 bits per heavy atom. The molecule has 1 aliphatic carbocycles. The van der Waals surface area contributed by atoms with Crippen molar-refractivity contribution in [2.75, 3.05) is 4.90 Å². The smallest absolute Gasteiger partial charge is 0.276 e. The van der Waals surface area contributed by atoms with E-state index in [9.17, 15) is 9.18 Å². The summed E-state index contributed by atoms with van der Waals surface area (Å²) in [6.45, 7) is 1.86. The molecule has 5 heteroatoms. The molecule has 0 aliphatic heterocycles. The highest BCUT2D eigenvalue weighted by Crippen LogP contribution is 2.30. The zero-order valence-corrected chi connectivity index (χ0v) is 12.9. The molecule has 1 aromatic heterocycles. The van der Waals surface area contributed by atoms with Crippen molar-refractivity contribution in [2.45, 2.75) is 38.6 Å². The van der Waals surface area contributed by atoms with E-state index in [1.165, 1.54) is 12.1 Å². The molecule has 1 fully saturated rings. The summed E-state index contributed by atoms with van der Waals surface area (Å²) < 4.78 is 15.2. The lowest BCUT2D eigenvalue weighted by molar-refractivity contribution is 0.0968. The normalized spacial score (nSPS) is 15.2. The topological polar surface area (TPSA) is 38.1 Å². The van der Waals surface area contributed by atoms with Gasteiger partial charge in [-0.05, 0) is 44.0 Å². The lowest BCUT2D eigenvalue weighted by Crippen LogP contribution is -2.40. The van der Waals surface area contributed by atoms with E-state index in [4.69, 9.17) is 0 Å². The van der Waals surface area contributed by atoms with E-state index in [2.05, 4.69) is 5.10 Å². The van der Waals surface area contributed by atoms with Gasteiger partial charge in [-0.3, -0.25) is 9.48 Å². The molecule has 1 aliphatic rings. The van der Waals surface area contributed by atoms with Crippen LogP contribution in [-0.2, 0) is 7.05 Å². The molecule has 0 radical (unpaired) electrons. The van der Waals surface area contributed by atoms with Gasteiger partial charge in [0.05, 0.1) is 5.69 Å². The standard InChI is InChI=1S/C17H20FN3O/c1-12-10-16(20(2)19-12)17(22)21(14-7-3-4-8-14)15-9-5-6-13(18)11-15/h5-6,9-11,14H,3-4,7-8H2,1-2H3. The molecule has 3 rings (SSSR count). The largest absolute Gasteiger partial charge is 0.304 e. The van der Waals surface area contributed by atoms with Crippen LogP contribution in [0.5, 0.6) is 0 Å². The van der Waals surface area contributed by atoms with Gasteiger partial charge in [0.2, 0.25) is 0 Å². The molecule has 22 heavy (non-hydrogen) atoms. The average molecular weight is 301 g/mol. The summed E-state index contributed by atoms with van der Waals surface area (Å²) in [5, 5.41) is 4.25. The summed E-state index contributed by atoms with van der Waals surface area (Å²) in [6, 6.07) is 8.18. The predicted octanol–water partition coefficient (Wildman–Crippen LogP) is 3.46. The minimum absolute atomic E-state index is 0.111. The second-order valence-corrected chi connectivity index (χ2v) is 5.89. The fourth-order valence-corrected chi connectivity index (χ4v) is 3.22. The Bertz CT molecular complexity index is 689. The Hall–Kier alpha value is -2.17. The highest BCUT2D eigenvalue weighted by atomic mass is 19.1. The van der Waals surface area contributed by atoms with Gasteiger partial charge in [-0.25, -0.2) is 4.39 Å². The van der Waals surface area contributed by atoms with Crippen LogP contribution in [0.4, 0.5) is 10.1 Å². The van der Waals surface area contributed by atoms with Crippen molar-refractivity contribution in [3.8, 4) is 0 Å². The Labute approximate surface area is 129 Å². The third kappa shape index (κ3) is 2.75. The summed E-state index contributed by atoms with van der Waals surface area (Å²) in [7, 11) is 1.76. The van der Waals surface area contributed by atoms with E-state index in [1.54, 1.807) is 34.8 Å². The second-order valence-electron chi connectivity index (χ2n) is 5.89. The molecule has 0 saturated heterocycles. The van der Waals surface area contributed by atoms with Gasteiger partial charge < -0.3 is 4.90 Å². The van der Waals surface area contributed by atoms with E-state index in [-0.39, 0.29) is 17.8 Å². The zero-order chi connectivity index (χ0) is 15.7. The molecule has 116 valence electrons. The number of aryl methyl sites for hydroxylation is 2. The lowest BCUT2D eigenvalue weighted by atomic mass is 10.1. The second kappa shape index (κ2) is 5.91. The van der Waals surface area contributed by atoms with Crippen LogP contribution in [-0.4, -0.2) is 21.7 Å². The Kier molecular flexibility index (Phi) is 3.96. The van der Waals surface area contributed by atoms with Crippen molar-refractivity contribution >= 4 is 11.6 Å². The number of anilines is 1. The molecular weight excluding hydrogens is 281 g/mol. The highest BCUT2D eigenvalue weighted by molar-refractivity contribution is 6.05. The first kappa shape index (κ1) is 14.8. The van der Waals surface area contributed by atoms with Crippen LogP contribution in [0, 0.1) is 12.7 Å². The van der Waals surface area contributed by atoms with Crippen LogP contribution in [0.2, 0.25) is 0 Å². The first-order valence-electron chi connectivity index (χ1n) is 7.66. The molecule has 1 amide bonds. The van der Waals surface area contributed by atoms with Crippen LogP contribution in [0.1, 0.15) is 41.9 Å². The van der Waals surface area contributed by atoms with Crippen LogP contribution in [0.3, 0.4) is 0 Å². The number of aromatic nitrogens is 2. The van der Waals surface area contributed by atoms with Gasteiger partial charge >= 0.3 is 0 Å². The number of carbonyl (C=O) groups is 1. The molecule has 1 heterocycles. The van der Waals surface area contributed by atoms with Crippen molar-refractivity contribution in [1.82, 2.24) is 9.78 Å². The number of hydrogen-bond acceptors (Lipinski definition) is 2. The summed E-state index contributed by atoms with van der Waals surface area (Å²) in [6.07, 6.45) is 4.13. The van der Waals surface area contributed by atoms with Gasteiger partial charge in [0, 0.05) is 18.8 Å². The lowest BCUT2D eigenvalue weighted by Gasteiger charge is -2.29. The maximum absolute atomic E-state index is 13.6. The monoisotopic (exact) mass is 301 g/mol. The number of halogens is 1. The van der Waals surface area contributed by atoms with E-state index < -0.39 is 0 Å². The van der Waals surface area contributed by atoms with Gasteiger partial charge in [0.1, 0.15) is 11.5 Å². The van der Waals surface area contributed by atoms with E-state index in [1.807, 2.05) is 6.92 Å². The molecule has 4 nitrogen and oxygen atoms in total. The summed E-state index contributed by atoms with van der Waals surface area (Å²) in [5.41, 5.74) is 1.96.